The van der Waals surface area contributed by atoms with Gasteiger partial charge >= 0.3 is 0 Å². The van der Waals surface area contributed by atoms with E-state index in [0.717, 1.165) is 5.52 Å². The molecule has 84 valence electrons. The fraction of sp³-hybridized carbons (Fsp3) is 0.200. The summed E-state index contributed by atoms with van der Waals surface area (Å²) in [5.74, 6) is -0.0708. The average Bonchev–Trinajstić information content (AvgIpc) is 2.68. The molecule has 1 amide bonds. The Labute approximate surface area is 91.3 Å². The summed E-state index contributed by atoms with van der Waals surface area (Å²) in [6.07, 6.45) is 3.10. The van der Waals surface area contributed by atoms with Crippen molar-refractivity contribution < 1.29 is 14.6 Å². The van der Waals surface area contributed by atoms with E-state index < -0.39 is 5.91 Å². The number of rotatable bonds is 4. The maximum Gasteiger partial charge on any atom is 0.250 e. The zero-order valence-electron chi connectivity index (χ0n) is 8.46. The van der Waals surface area contributed by atoms with Crippen LogP contribution in [0.2, 0.25) is 0 Å². The maximum atomic E-state index is 10.9. The van der Waals surface area contributed by atoms with Crippen molar-refractivity contribution in [3.8, 4) is 5.88 Å². The van der Waals surface area contributed by atoms with Gasteiger partial charge in [-0.15, -0.1) is 0 Å². The van der Waals surface area contributed by atoms with Gasteiger partial charge < -0.3 is 20.0 Å². The fourth-order valence-electron chi connectivity index (χ4n) is 1.37. The molecule has 6 heteroatoms. The minimum absolute atomic E-state index is 0.0710. The normalized spacial score (nSPS) is 10.6. The van der Waals surface area contributed by atoms with E-state index >= 15 is 0 Å². The van der Waals surface area contributed by atoms with Gasteiger partial charge in [0.15, 0.2) is 0 Å². The number of hydrogen-bond donors (Lipinski definition) is 2. The average molecular weight is 221 g/mol. The zero-order valence-corrected chi connectivity index (χ0v) is 8.46. The number of ether oxygens (including phenoxy) is 1. The van der Waals surface area contributed by atoms with Crippen LogP contribution < -0.4 is 10.5 Å². The molecule has 0 unspecified atom stereocenters. The van der Waals surface area contributed by atoms with Crippen molar-refractivity contribution in [1.82, 2.24) is 9.38 Å². The Hall–Kier alpha value is -2.08. The number of hydrogen-bond acceptors (Lipinski definition) is 4. The third-order valence-corrected chi connectivity index (χ3v) is 2.11. The highest BCUT2D eigenvalue weighted by atomic mass is 16.5. The first-order valence-electron chi connectivity index (χ1n) is 4.72. The predicted octanol–water partition coefficient (Wildman–Crippen LogP) is -0.196. The monoisotopic (exact) mass is 221 g/mol. The first-order chi connectivity index (χ1) is 7.72. The molecule has 0 bridgehead atoms. The number of fused-ring (bicyclic) bond motifs is 1. The Morgan fingerprint density at radius 1 is 1.56 bits per heavy atom. The molecule has 0 atom stereocenters. The van der Waals surface area contributed by atoms with E-state index in [-0.39, 0.29) is 13.2 Å². The summed E-state index contributed by atoms with van der Waals surface area (Å²) in [5.41, 5.74) is 6.28. The zero-order chi connectivity index (χ0) is 11.5. The summed E-state index contributed by atoms with van der Waals surface area (Å²) in [6, 6.07) is 3.30. The number of aromatic nitrogens is 2. The van der Waals surface area contributed by atoms with Crippen LogP contribution >= 0.6 is 0 Å². The van der Waals surface area contributed by atoms with Crippen molar-refractivity contribution in [3.05, 3.63) is 30.2 Å². The first kappa shape index (κ1) is 10.4. The van der Waals surface area contributed by atoms with Gasteiger partial charge in [0.1, 0.15) is 18.5 Å². The number of nitrogens with zero attached hydrogens (tertiary/aromatic N) is 2. The maximum absolute atomic E-state index is 10.9. The number of carbonyl (C=O) groups is 1. The number of aliphatic hydroxyl groups excluding tert-OH is 1. The van der Waals surface area contributed by atoms with Crippen molar-refractivity contribution in [2.45, 2.75) is 0 Å². The van der Waals surface area contributed by atoms with Crippen LogP contribution in [0, 0.1) is 0 Å². The molecule has 0 fully saturated rings. The largest absolute Gasteiger partial charge is 0.474 e. The summed E-state index contributed by atoms with van der Waals surface area (Å²) in [5, 5.41) is 8.63. The fourth-order valence-corrected chi connectivity index (χ4v) is 1.37. The van der Waals surface area contributed by atoms with Gasteiger partial charge in [-0.2, -0.15) is 0 Å². The number of imidazole rings is 1. The second-order valence-electron chi connectivity index (χ2n) is 3.20. The second-order valence-corrected chi connectivity index (χ2v) is 3.20. The van der Waals surface area contributed by atoms with Crippen LogP contribution in [0.4, 0.5) is 0 Å². The van der Waals surface area contributed by atoms with Gasteiger partial charge in [-0.25, -0.2) is 4.98 Å². The van der Waals surface area contributed by atoms with Crippen molar-refractivity contribution in [1.29, 1.82) is 0 Å². The van der Waals surface area contributed by atoms with E-state index in [1.165, 1.54) is 6.33 Å². The molecule has 0 aliphatic carbocycles. The van der Waals surface area contributed by atoms with Crippen LogP contribution in [0.3, 0.4) is 0 Å². The lowest BCUT2D eigenvalue weighted by atomic mass is 10.2. The minimum atomic E-state index is -0.492. The van der Waals surface area contributed by atoms with Gasteiger partial charge in [0.2, 0.25) is 11.8 Å². The third-order valence-electron chi connectivity index (χ3n) is 2.11. The number of aliphatic hydroxyl groups is 1. The van der Waals surface area contributed by atoms with Gasteiger partial charge in [0.05, 0.1) is 12.2 Å². The highest BCUT2D eigenvalue weighted by Crippen LogP contribution is 2.17. The molecular weight excluding hydrogens is 210 g/mol. The van der Waals surface area contributed by atoms with Gasteiger partial charge in [0.25, 0.3) is 0 Å². The summed E-state index contributed by atoms with van der Waals surface area (Å²) in [6.45, 7) is 0.114. The van der Waals surface area contributed by atoms with Crippen molar-refractivity contribution in [2.24, 2.45) is 5.73 Å². The van der Waals surface area contributed by atoms with Crippen molar-refractivity contribution >= 4 is 11.4 Å². The molecule has 2 heterocycles. The molecule has 0 aliphatic rings. The first-order valence-corrected chi connectivity index (χ1v) is 4.72. The smallest absolute Gasteiger partial charge is 0.250 e. The van der Waals surface area contributed by atoms with Crippen LogP contribution in [0.5, 0.6) is 5.88 Å². The van der Waals surface area contributed by atoms with Crippen LogP contribution in [0.25, 0.3) is 5.52 Å². The summed E-state index contributed by atoms with van der Waals surface area (Å²) in [7, 11) is 0. The molecule has 0 spiro atoms. The van der Waals surface area contributed by atoms with Crippen LogP contribution in [-0.4, -0.2) is 33.6 Å². The quantitative estimate of drug-likeness (QED) is 0.748. The lowest BCUT2D eigenvalue weighted by Gasteiger charge is -2.01. The minimum Gasteiger partial charge on any atom is -0.474 e. The number of primary amides is 1. The molecule has 0 aliphatic heterocycles. The predicted molar refractivity (Wildman–Crippen MR) is 56.3 cm³/mol. The Bertz CT molecular complexity index is 521. The molecular formula is C10H11N3O3. The van der Waals surface area contributed by atoms with E-state index in [0.29, 0.717) is 11.4 Å². The summed E-state index contributed by atoms with van der Waals surface area (Å²) in [4.78, 5) is 15.0. The molecule has 2 aromatic rings. The van der Waals surface area contributed by atoms with Gasteiger partial charge in [0, 0.05) is 6.20 Å². The SMILES string of the molecule is NC(=O)c1ccc2c(OCCO)ncn2c1. The second kappa shape index (κ2) is 4.19. The molecule has 16 heavy (non-hydrogen) atoms. The molecule has 3 N–H and O–H groups in total. The Kier molecular flexibility index (Phi) is 2.74. The summed E-state index contributed by atoms with van der Waals surface area (Å²) < 4.78 is 6.86. The van der Waals surface area contributed by atoms with E-state index in [2.05, 4.69) is 4.98 Å². The highest BCUT2D eigenvalue weighted by molar-refractivity contribution is 5.92. The molecule has 0 aromatic carbocycles. The van der Waals surface area contributed by atoms with E-state index in [9.17, 15) is 4.79 Å². The van der Waals surface area contributed by atoms with E-state index in [1.54, 1.807) is 22.7 Å². The Morgan fingerprint density at radius 2 is 2.38 bits per heavy atom. The third kappa shape index (κ3) is 1.82. The van der Waals surface area contributed by atoms with Crippen molar-refractivity contribution in [2.75, 3.05) is 13.2 Å². The Balaban J connectivity index is 2.38. The van der Waals surface area contributed by atoms with E-state index in [4.69, 9.17) is 15.6 Å². The molecule has 6 nitrogen and oxygen atoms in total. The molecule has 2 rings (SSSR count). The number of carbonyl (C=O) groups excluding carboxylic acids is 1. The standard InChI is InChI=1S/C10H11N3O3/c11-9(15)7-1-2-8-10(16-4-3-14)12-6-13(8)5-7/h1-2,5-6,14H,3-4H2,(H2,11,15). The molecule has 0 radical (unpaired) electrons. The highest BCUT2D eigenvalue weighted by Gasteiger charge is 2.07. The Morgan fingerprint density at radius 3 is 3.06 bits per heavy atom. The molecule has 2 aromatic heterocycles. The van der Waals surface area contributed by atoms with Gasteiger partial charge in [-0.3, -0.25) is 4.79 Å². The van der Waals surface area contributed by atoms with Gasteiger partial charge in [-0.05, 0) is 12.1 Å². The van der Waals surface area contributed by atoms with E-state index in [1.807, 2.05) is 0 Å². The van der Waals surface area contributed by atoms with Crippen LogP contribution in [-0.2, 0) is 0 Å². The lowest BCUT2D eigenvalue weighted by molar-refractivity contribution is 0.1000. The molecule has 0 saturated heterocycles. The van der Waals surface area contributed by atoms with Crippen molar-refractivity contribution in [3.63, 3.8) is 0 Å². The van der Waals surface area contributed by atoms with Crippen LogP contribution in [0.1, 0.15) is 10.4 Å². The number of pyridine rings is 1. The topological polar surface area (TPSA) is 89.9 Å². The lowest BCUT2D eigenvalue weighted by Crippen LogP contribution is -2.11. The van der Waals surface area contributed by atoms with Gasteiger partial charge in [-0.1, -0.05) is 0 Å². The number of amides is 1. The van der Waals surface area contributed by atoms with Crippen LogP contribution in [0.15, 0.2) is 24.7 Å². The molecule has 0 saturated carbocycles. The number of nitrogens with two attached hydrogens (primary N) is 1. The summed E-state index contributed by atoms with van der Waals surface area (Å²) >= 11 is 0.